The molecule has 14 heteroatoms. The maximum atomic E-state index is 13.7. The van der Waals surface area contributed by atoms with Crippen molar-refractivity contribution in [1.82, 2.24) is 40.4 Å². The summed E-state index contributed by atoms with van der Waals surface area (Å²) in [5.74, 6) is 1.13. The predicted octanol–water partition coefficient (Wildman–Crippen LogP) is 6.02. The predicted molar refractivity (Wildman–Crippen MR) is 213 cm³/mol. The third-order valence-electron chi connectivity index (χ3n) is 11.1. The Morgan fingerprint density at radius 2 is 1.16 bits per heavy atom. The fourth-order valence-corrected chi connectivity index (χ4v) is 8.05. The fourth-order valence-electron chi connectivity index (χ4n) is 8.05. The van der Waals surface area contributed by atoms with E-state index in [9.17, 15) is 19.5 Å². The number of amides is 3. The third-order valence-corrected chi connectivity index (χ3v) is 11.1. The number of alkyl carbamates (subject to hydrolysis) is 1. The van der Waals surface area contributed by atoms with E-state index in [0.717, 1.165) is 81.7 Å². The van der Waals surface area contributed by atoms with Crippen LogP contribution in [0.4, 0.5) is 4.79 Å². The summed E-state index contributed by atoms with van der Waals surface area (Å²) in [4.78, 5) is 59.7. The van der Waals surface area contributed by atoms with Crippen LogP contribution in [0, 0.1) is 11.8 Å². The number of hydrogen-bond donors (Lipinski definition) is 5. The minimum Gasteiger partial charge on any atom is -0.453 e. The maximum Gasteiger partial charge on any atom is 0.407 e. The van der Waals surface area contributed by atoms with E-state index in [1.807, 2.05) is 49.6 Å². The van der Waals surface area contributed by atoms with Gasteiger partial charge >= 0.3 is 6.09 Å². The highest BCUT2D eigenvalue weighted by Crippen LogP contribution is 2.36. The van der Waals surface area contributed by atoms with Gasteiger partial charge in [-0.05, 0) is 84.0 Å². The summed E-state index contributed by atoms with van der Waals surface area (Å²) >= 11 is 0. The van der Waals surface area contributed by atoms with Crippen LogP contribution in [0.1, 0.15) is 77.1 Å². The summed E-state index contributed by atoms with van der Waals surface area (Å²) in [7, 11) is 2.68. The lowest BCUT2D eigenvalue weighted by Crippen LogP contribution is -2.52. The van der Waals surface area contributed by atoms with Crippen LogP contribution in [-0.2, 0) is 19.1 Å². The number of carbonyl (C=O) groups excluding carboxylic acids is 3. The van der Waals surface area contributed by atoms with Crippen molar-refractivity contribution in [1.29, 1.82) is 0 Å². The molecule has 0 bridgehead atoms. The minimum absolute atomic E-state index is 0.0473. The zero-order valence-corrected chi connectivity index (χ0v) is 32.8. The lowest BCUT2D eigenvalue weighted by Gasteiger charge is -2.31. The van der Waals surface area contributed by atoms with Gasteiger partial charge in [0.1, 0.15) is 17.7 Å². The highest BCUT2D eigenvalue weighted by Gasteiger charge is 2.39. The number of aliphatic hydroxyl groups excluding tert-OH is 1. The van der Waals surface area contributed by atoms with Crippen molar-refractivity contribution in [3.63, 3.8) is 0 Å². The third kappa shape index (κ3) is 7.86. The van der Waals surface area contributed by atoms with E-state index in [2.05, 4.69) is 69.1 Å². The molecule has 5 aromatic rings. The van der Waals surface area contributed by atoms with Gasteiger partial charge in [-0.3, -0.25) is 14.9 Å². The molecule has 3 amide bonds. The lowest BCUT2D eigenvalue weighted by atomic mass is 10.00. The number of likely N-dealkylation sites (tertiary alicyclic amines) is 2. The molecule has 0 radical (unpaired) electrons. The molecular formula is C42H52N8O6. The zero-order valence-electron chi connectivity index (χ0n) is 32.8. The van der Waals surface area contributed by atoms with E-state index in [0.29, 0.717) is 13.1 Å². The standard InChI is InChI=1S/C42H52N8O6/c1-23(2)35(47-41(53)55-5)39(51)49-19-7-9-33(49)37-43-29-17-15-27(21-31(29)45-37)25-11-13-26(14-12-25)28-16-18-30-32(22-28)46-38(44-30)34-10-8-20-50(34)40(52)36(24(3)4)48-42(54)56-6/h11-18,21-24,33-36,41,47,53H,7-10,19-20H2,1-6H3,(H,43,45)(H,44,46)(H,48,54)/t33-,34-,35-,36-,41?/m0/s1. The van der Waals surface area contributed by atoms with Crippen molar-refractivity contribution < 1.29 is 29.0 Å². The summed E-state index contributed by atoms with van der Waals surface area (Å²) in [5, 5.41) is 15.6. The van der Waals surface area contributed by atoms with Crippen LogP contribution in [0.3, 0.4) is 0 Å². The fraction of sp³-hybridized carbons (Fsp3) is 0.452. The number of carbonyl (C=O) groups is 3. The first-order valence-corrected chi connectivity index (χ1v) is 19.5. The second kappa shape index (κ2) is 16.4. The largest absolute Gasteiger partial charge is 0.453 e. The van der Waals surface area contributed by atoms with Gasteiger partial charge in [0.25, 0.3) is 0 Å². The Hall–Kier alpha value is -5.31. The van der Waals surface area contributed by atoms with Crippen molar-refractivity contribution in [2.45, 2.75) is 84.0 Å². The number of imidazole rings is 2. The number of aliphatic hydroxyl groups is 1. The first-order chi connectivity index (χ1) is 26.9. The topological polar surface area (TPSA) is 178 Å². The van der Waals surface area contributed by atoms with Gasteiger partial charge in [0.2, 0.25) is 18.2 Å². The number of hydrogen-bond acceptors (Lipinski definition) is 9. The van der Waals surface area contributed by atoms with Gasteiger partial charge < -0.3 is 39.7 Å². The Bertz CT molecular complexity index is 2200. The minimum atomic E-state index is -1.23. The summed E-state index contributed by atoms with van der Waals surface area (Å²) in [6, 6.07) is 19.1. The molecular weight excluding hydrogens is 713 g/mol. The van der Waals surface area contributed by atoms with E-state index in [4.69, 9.17) is 19.4 Å². The summed E-state index contributed by atoms with van der Waals surface area (Å²) < 4.78 is 9.74. The van der Waals surface area contributed by atoms with Crippen LogP contribution >= 0.6 is 0 Å². The average Bonchev–Trinajstić information content (AvgIpc) is 4.03. The smallest absolute Gasteiger partial charge is 0.407 e. The van der Waals surface area contributed by atoms with Crippen LogP contribution in [0.25, 0.3) is 44.3 Å². The molecule has 296 valence electrons. The van der Waals surface area contributed by atoms with Crippen LogP contribution in [0.15, 0.2) is 60.7 Å². The highest BCUT2D eigenvalue weighted by atomic mass is 16.6. The molecule has 0 spiro atoms. The number of rotatable bonds is 12. The van der Waals surface area contributed by atoms with Gasteiger partial charge in [-0.25, -0.2) is 14.8 Å². The summed E-state index contributed by atoms with van der Waals surface area (Å²) in [5.41, 5.74) is 7.65. The normalized spacial score (nSPS) is 18.9. The van der Waals surface area contributed by atoms with Gasteiger partial charge in [-0.15, -0.1) is 0 Å². The van der Waals surface area contributed by atoms with E-state index >= 15 is 0 Å². The molecule has 56 heavy (non-hydrogen) atoms. The van der Waals surface area contributed by atoms with Crippen molar-refractivity contribution in [2.24, 2.45) is 11.8 Å². The molecule has 4 heterocycles. The lowest BCUT2D eigenvalue weighted by molar-refractivity contribution is -0.145. The Kier molecular flexibility index (Phi) is 11.4. The maximum absolute atomic E-state index is 13.7. The number of H-pyrrole nitrogens is 2. The molecule has 2 aliphatic heterocycles. The molecule has 2 fully saturated rings. The molecule has 0 saturated carbocycles. The Balaban J connectivity index is 1.06. The summed E-state index contributed by atoms with van der Waals surface area (Å²) in [6.07, 6.45) is 1.45. The molecule has 1 unspecified atom stereocenters. The number of ether oxygens (including phenoxy) is 2. The molecule has 2 aliphatic rings. The van der Waals surface area contributed by atoms with Crippen LogP contribution in [-0.4, -0.2) is 98.6 Å². The second-order valence-corrected chi connectivity index (χ2v) is 15.5. The first kappa shape index (κ1) is 38.9. The number of nitrogens with zero attached hydrogens (tertiary/aromatic N) is 4. The number of fused-ring (bicyclic) bond motifs is 2. The number of methoxy groups -OCH3 is 2. The van der Waals surface area contributed by atoms with Crippen molar-refractivity contribution in [3.05, 3.63) is 72.3 Å². The monoisotopic (exact) mass is 764 g/mol. The number of nitrogens with one attached hydrogen (secondary N) is 4. The molecule has 0 aliphatic carbocycles. The zero-order chi connectivity index (χ0) is 39.7. The molecule has 2 saturated heterocycles. The first-order valence-electron chi connectivity index (χ1n) is 19.5. The molecule has 14 nitrogen and oxygen atoms in total. The average molecular weight is 765 g/mol. The Morgan fingerprint density at radius 3 is 1.59 bits per heavy atom. The van der Waals surface area contributed by atoms with Crippen LogP contribution < -0.4 is 10.6 Å². The SMILES string of the molecule is COC(=O)N[C@H](C(=O)N1CCC[C@H]1c1nc2ccc(-c3ccc(-c4ccc5nc([C@@H]6CCCN6C(=O)[C@@H](NC(O)OC)C(C)C)[nH]c5c4)cc3)cc2[nH]1)C(C)C. The number of aromatic amines is 2. The van der Waals surface area contributed by atoms with Crippen molar-refractivity contribution in [2.75, 3.05) is 27.3 Å². The van der Waals surface area contributed by atoms with Crippen LogP contribution in [0.5, 0.6) is 0 Å². The molecule has 5 N–H and O–H groups in total. The van der Waals surface area contributed by atoms with Gasteiger partial charge in [0.05, 0.1) is 47.3 Å². The van der Waals surface area contributed by atoms with E-state index in [-0.39, 0.29) is 35.7 Å². The van der Waals surface area contributed by atoms with Crippen LogP contribution in [0.2, 0.25) is 0 Å². The van der Waals surface area contributed by atoms with E-state index in [1.54, 1.807) is 0 Å². The van der Waals surface area contributed by atoms with Crippen molar-refractivity contribution in [3.8, 4) is 22.3 Å². The Morgan fingerprint density at radius 1 is 0.714 bits per heavy atom. The van der Waals surface area contributed by atoms with E-state index < -0.39 is 24.6 Å². The molecule has 3 aromatic carbocycles. The van der Waals surface area contributed by atoms with Crippen molar-refractivity contribution >= 4 is 40.0 Å². The van der Waals surface area contributed by atoms with Gasteiger partial charge in [-0.2, -0.15) is 0 Å². The molecule has 2 aromatic heterocycles. The van der Waals surface area contributed by atoms with E-state index in [1.165, 1.54) is 14.2 Å². The molecule has 7 rings (SSSR count). The number of benzene rings is 3. The highest BCUT2D eigenvalue weighted by molar-refractivity contribution is 5.88. The molecule has 5 atom stereocenters. The second-order valence-electron chi connectivity index (χ2n) is 15.5. The Labute approximate surface area is 326 Å². The number of aromatic nitrogens is 4. The van der Waals surface area contributed by atoms with Gasteiger partial charge in [0, 0.05) is 20.2 Å². The quantitative estimate of drug-likeness (QED) is 0.0952. The van der Waals surface area contributed by atoms with Gasteiger partial charge in [-0.1, -0.05) is 64.1 Å². The summed E-state index contributed by atoms with van der Waals surface area (Å²) in [6.45, 7) is 8.92. The van der Waals surface area contributed by atoms with Gasteiger partial charge in [0.15, 0.2) is 0 Å².